The maximum atomic E-state index is 12.1. The number of carboxylic acids is 1. The van der Waals surface area contributed by atoms with Gasteiger partial charge in [-0.3, -0.25) is 9.10 Å². The number of anilines is 1. The van der Waals surface area contributed by atoms with Crippen molar-refractivity contribution in [3.63, 3.8) is 0 Å². The van der Waals surface area contributed by atoms with Gasteiger partial charge in [0.15, 0.2) is 0 Å². The van der Waals surface area contributed by atoms with Gasteiger partial charge in [-0.15, -0.1) is 0 Å². The average Bonchev–Trinajstić information content (AvgIpc) is 2.34. The molecule has 0 aliphatic rings. The Balaban J connectivity index is 3.07. The number of rotatable bonds is 7. The fourth-order valence-corrected chi connectivity index (χ4v) is 3.27. The number of hydrogen-bond donors (Lipinski definition) is 1. The third-order valence-corrected chi connectivity index (χ3v) is 4.55. The molecule has 1 aromatic rings. The summed E-state index contributed by atoms with van der Waals surface area (Å²) in [6.07, 6.45) is 1.22. The Morgan fingerprint density at radius 1 is 1.32 bits per heavy atom. The van der Waals surface area contributed by atoms with Gasteiger partial charge in [-0.2, -0.15) is 0 Å². The molecule has 0 aromatic heterocycles. The highest BCUT2D eigenvalue weighted by atomic mass is 35.5. The van der Waals surface area contributed by atoms with Crippen LogP contribution in [0.25, 0.3) is 0 Å². The van der Waals surface area contributed by atoms with E-state index in [-0.39, 0.29) is 5.75 Å². The van der Waals surface area contributed by atoms with E-state index in [0.717, 1.165) is 10.7 Å². The molecule has 0 amide bonds. The van der Waals surface area contributed by atoms with Crippen molar-refractivity contribution in [2.24, 2.45) is 0 Å². The van der Waals surface area contributed by atoms with Crippen molar-refractivity contribution in [3.05, 3.63) is 29.3 Å². The second-order valence-electron chi connectivity index (χ2n) is 4.05. The van der Waals surface area contributed by atoms with Crippen LogP contribution in [0, 0.1) is 0 Å². The van der Waals surface area contributed by atoms with Crippen LogP contribution < -0.4 is 4.31 Å². The molecule has 0 heterocycles. The topological polar surface area (TPSA) is 74.7 Å². The van der Waals surface area contributed by atoms with Gasteiger partial charge in [0, 0.05) is 5.02 Å². The number of sulfonamides is 1. The van der Waals surface area contributed by atoms with Crippen molar-refractivity contribution in [3.8, 4) is 0 Å². The molecule has 0 atom stereocenters. The molecule has 0 aliphatic carbocycles. The molecular weight excluding hydrogens is 290 g/mol. The smallest absolute Gasteiger partial charge is 0.324 e. The highest BCUT2D eigenvalue weighted by Crippen LogP contribution is 2.21. The SMILES string of the molecule is CCCCS(=O)(=O)N(CC(=O)O)c1ccc(Cl)cc1. The largest absolute Gasteiger partial charge is 0.480 e. The lowest BCUT2D eigenvalue weighted by Crippen LogP contribution is -2.37. The van der Waals surface area contributed by atoms with Gasteiger partial charge in [-0.1, -0.05) is 24.9 Å². The van der Waals surface area contributed by atoms with Crippen LogP contribution in [-0.2, 0) is 14.8 Å². The van der Waals surface area contributed by atoms with Crippen molar-refractivity contribution in [1.82, 2.24) is 0 Å². The Kier molecular flexibility index (Phi) is 5.62. The van der Waals surface area contributed by atoms with Crippen LogP contribution >= 0.6 is 11.6 Å². The maximum Gasteiger partial charge on any atom is 0.324 e. The zero-order valence-corrected chi connectivity index (χ0v) is 12.1. The fraction of sp³-hybridized carbons (Fsp3) is 0.417. The first-order valence-corrected chi connectivity index (χ1v) is 7.83. The van der Waals surface area contributed by atoms with Crippen molar-refractivity contribution < 1.29 is 18.3 Å². The van der Waals surface area contributed by atoms with Gasteiger partial charge >= 0.3 is 5.97 Å². The van der Waals surface area contributed by atoms with Crippen molar-refractivity contribution in [1.29, 1.82) is 0 Å². The molecule has 0 saturated carbocycles. The lowest BCUT2D eigenvalue weighted by Gasteiger charge is -2.22. The van der Waals surface area contributed by atoms with Crippen LogP contribution in [0.1, 0.15) is 19.8 Å². The first-order chi connectivity index (χ1) is 8.86. The number of carboxylic acid groups (broad SMARTS) is 1. The maximum absolute atomic E-state index is 12.1. The third kappa shape index (κ3) is 4.72. The van der Waals surface area contributed by atoms with Crippen LogP contribution in [0.15, 0.2) is 24.3 Å². The normalized spacial score (nSPS) is 11.3. The zero-order chi connectivity index (χ0) is 14.5. The molecule has 106 valence electrons. The number of hydrogen-bond acceptors (Lipinski definition) is 3. The van der Waals surface area contributed by atoms with E-state index in [0.29, 0.717) is 17.1 Å². The summed E-state index contributed by atoms with van der Waals surface area (Å²) in [4.78, 5) is 10.8. The van der Waals surface area contributed by atoms with Gasteiger partial charge in [0.05, 0.1) is 11.4 Å². The molecule has 7 heteroatoms. The summed E-state index contributed by atoms with van der Waals surface area (Å²) in [5, 5.41) is 9.32. The number of benzene rings is 1. The number of nitrogens with zero attached hydrogens (tertiary/aromatic N) is 1. The number of unbranched alkanes of at least 4 members (excludes halogenated alkanes) is 1. The Labute approximate surface area is 117 Å². The second kappa shape index (κ2) is 6.77. The molecule has 1 rings (SSSR count). The Bertz CT molecular complexity index is 527. The molecule has 0 aliphatic heterocycles. The van der Waals surface area contributed by atoms with Crippen molar-refractivity contribution in [2.45, 2.75) is 19.8 Å². The lowest BCUT2D eigenvalue weighted by molar-refractivity contribution is -0.135. The summed E-state index contributed by atoms with van der Waals surface area (Å²) in [5.74, 6) is -1.27. The first kappa shape index (κ1) is 15.8. The first-order valence-electron chi connectivity index (χ1n) is 5.84. The van der Waals surface area contributed by atoms with Crippen molar-refractivity contribution >= 4 is 33.3 Å². The highest BCUT2D eigenvalue weighted by molar-refractivity contribution is 7.92. The molecular formula is C12H16ClNO4S. The van der Waals surface area contributed by atoms with E-state index >= 15 is 0 Å². The zero-order valence-electron chi connectivity index (χ0n) is 10.5. The molecule has 0 unspecified atom stereocenters. The molecule has 5 nitrogen and oxygen atoms in total. The minimum absolute atomic E-state index is 0.0700. The molecule has 0 fully saturated rings. The quantitative estimate of drug-likeness (QED) is 0.839. The molecule has 0 radical (unpaired) electrons. The van der Waals surface area contributed by atoms with Gasteiger partial charge < -0.3 is 5.11 Å². The summed E-state index contributed by atoms with van der Waals surface area (Å²) in [5.41, 5.74) is 0.308. The number of carbonyl (C=O) groups is 1. The van der Waals surface area contributed by atoms with Gasteiger partial charge in [0.25, 0.3) is 0 Å². The standard InChI is InChI=1S/C12H16ClNO4S/c1-2-3-8-19(17,18)14(9-12(15)16)11-6-4-10(13)5-7-11/h4-7H,2-3,8-9H2,1H3,(H,15,16). The van der Waals surface area contributed by atoms with E-state index in [1.807, 2.05) is 6.92 Å². The van der Waals surface area contributed by atoms with E-state index < -0.39 is 22.5 Å². The predicted octanol–water partition coefficient (Wildman–Crippen LogP) is 2.36. The van der Waals surface area contributed by atoms with E-state index in [2.05, 4.69) is 0 Å². The molecule has 0 spiro atoms. The molecule has 1 N–H and O–H groups in total. The van der Waals surface area contributed by atoms with Crippen LogP contribution in [0.4, 0.5) is 5.69 Å². The monoisotopic (exact) mass is 305 g/mol. The third-order valence-electron chi connectivity index (χ3n) is 2.49. The Morgan fingerprint density at radius 3 is 2.37 bits per heavy atom. The van der Waals surface area contributed by atoms with Crippen LogP contribution in [-0.4, -0.2) is 31.8 Å². The van der Waals surface area contributed by atoms with E-state index in [1.54, 1.807) is 0 Å². The molecule has 0 saturated heterocycles. The van der Waals surface area contributed by atoms with Gasteiger partial charge in [0.2, 0.25) is 10.0 Å². The van der Waals surface area contributed by atoms with E-state index in [4.69, 9.17) is 16.7 Å². The summed E-state index contributed by atoms with van der Waals surface area (Å²) < 4.78 is 25.2. The minimum Gasteiger partial charge on any atom is -0.480 e. The summed E-state index contributed by atoms with van der Waals surface area (Å²) >= 11 is 5.74. The van der Waals surface area contributed by atoms with Crippen LogP contribution in [0.2, 0.25) is 5.02 Å². The van der Waals surface area contributed by atoms with Crippen molar-refractivity contribution in [2.75, 3.05) is 16.6 Å². The Hall–Kier alpha value is -1.27. The fourth-order valence-electron chi connectivity index (χ4n) is 1.52. The summed E-state index contributed by atoms with van der Waals surface area (Å²) in [6, 6.07) is 6.05. The second-order valence-corrected chi connectivity index (χ2v) is 6.50. The van der Waals surface area contributed by atoms with Gasteiger partial charge in [0.1, 0.15) is 6.54 Å². The van der Waals surface area contributed by atoms with Gasteiger partial charge in [-0.25, -0.2) is 8.42 Å². The predicted molar refractivity (Wildman–Crippen MR) is 75.1 cm³/mol. The molecule has 1 aromatic carbocycles. The number of halogens is 1. The van der Waals surface area contributed by atoms with E-state index in [9.17, 15) is 13.2 Å². The average molecular weight is 306 g/mol. The summed E-state index contributed by atoms with van der Waals surface area (Å²) in [7, 11) is -3.64. The Morgan fingerprint density at radius 2 is 1.89 bits per heavy atom. The van der Waals surface area contributed by atoms with Gasteiger partial charge in [-0.05, 0) is 30.7 Å². The van der Waals surface area contributed by atoms with E-state index in [1.165, 1.54) is 24.3 Å². The minimum atomic E-state index is -3.64. The number of aliphatic carboxylic acids is 1. The lowest BCUT2D eigenvalue weighted by atomic mass is 10.3. The molecule has 19 heavy (non-hydrogen) atoms. The van der Waals surface area contributed by atoms with Crippen LogP contribution in [0.3, 0.4) is 0 Å². The highest BCUT2D eigenvalue weighted by Gasteiger charge is 2.24. The van der Waals surface area contributed by atoms with Crippen LogP contribution in [0.5, 0.6) is 0 Å². The molecule has 0 bridgehead atoms. The summed E-state index contributed by atoms with van der Waals surface area (Å²) in [6.45, 7) is 1.28.